The van der Waals surface area contributed by atoms with Gasteiger partial charge in [0, 0.05) is 18.2 Å². The third kappa shape index (κ3) is 5.74. The first kappa shape index (κ1) is 26.9. The summed E-state index contributed by atoms with van der Waals surface area (Å²) in [6.45, 7) is 7.79. The molecule has 0 atom stereocenters. The van der Waals surface area contributed by atoms with Crippen molar-refractivity contribution in [3.63, 3.8) is 0 Å². The number of esters is 1. The minimum Gasteiger partial charge on any atom is -0.462 e. The average Bonchev–Trinajstić information content (AvgIpc) is 3.41. The molecule has 0 saturated heterocycles. The van der Waals surface area contributed by atoms with Gasteiger partial charge in [0.15, 0.2) is 5.13 Å². The molecule has 0 bridgehead atoms. The van der Waals surface area contributed by atoms with Crippen molar-refractivity contribution < 1.29 is 22.7 Å². The summed E-state index contributed by atoms with van der Waals surface area (Å²) in [5.74, 6) is -0.783. The number of nitrogens with zero attached hydrogens (tertiary/aromatic N) is 2. The number of hydrogen-bond donors (Lipinski definition) is 1. The zero-order valence-electron chi connectivity index (χ0n) is 20.8. The molecule has 0 saturated carbocycles. The van der Waals surface area contributed by atoms with Crippen molar-refractivity contribution >= 4 is 59.2 Å². The van der Waals surface area contributed by atoms with Gasteiger partial charge in [0.1, 0.15) is 9.71 Å². The number of rotatable bonds is 9. The number of hydrogen-bond acceptors (Lipinski definition) is 8. The summed E-state index contributed by atoms with van der Waals surface area (Å²) in [5, 5.41) is 3.16. The molecule has 0 spiro atoms. The number of benzene rings is 2. The number of nitrogens with one attached hydrogen (secondary N) is 1. The van der Waals surface area contributed by atoms with E-state index in [9.17, 15) is 18.0 Å². The van der Waals surface area contributed by atoms with Gasteiger partial charge in [-0.05, 0) is 63.1 Å². The standard InChI is InChI=1S/C26H27N3O5S3/c1-5-34-25(31)22-17(4)21-24(35-22)28-26(36-21)27-23(30)19-11-13-20(14-12-19)37(32,33)29(16(2)3)15-18-9-7-6-8-10-18/h6-14,16H,5,15H2,1-4H3,(H,27,28,30). The summed E-state index contributed by atoms with van der Waals surface area (Å²) in [5.41, 5.74) is 1.97. The van der Waals surface area contributed by atoms with Crippen molar-refractivity contribution in [1.82, 2.24) is 9.29 Å². The second-order valence-corrected chi connectivity index (χ2v) is 12.4. The third-order valence-electron chi connectivity index (χ3n) is 5.64. The normalized spacial score (nSPS) is 11.8. The SMILES string of the molecule is CCOC(=O)c1sc2nc(NC(=O)c3ccc(S(=O)(=O)N(Cc4ccccc4)C(C)C)cc3)sc2c1C. The minimum absolute atomic E-state index is 0.116. The topological polar surface area (TPSA) is 106 Å². The quantitative estimate of drug-likeness (QED) is 0.265. The summed E-state index contributed by atoms with van der Waals surface area (Å²) < 4.78 is 34.0. The maximum Gasteiger partial charge on any atom is 0.348 e. The molecule has 4 aromatic rings. The molecule has 11 heteroatoms. The molecular weight excluding hydrogens is 531 g/mol. The Balaban J connectivity index is 1.50. The van der Waals surface area contributed by atoms with E-state index in [0.29, 0.717) is 27.0 Å². The lowest BCUT2D eigenvalue weighted by Crippen LogP contribution is -2.36. The summed E-state index contributed by atoms with van der Waals surface area (Å²) in [6.07, 6.45) is 0. The monoisotopic (exact) mass is 557 g/mol. The predicted octanol–water partition coefficient (Wildman–Crippen LogP) is 5.69. The van der Waals surface area contributed by atoms with Crippen LogP contribution in [0, 0.1) is 6.92 Å². The smallest absolute Gasteiger partial charge is 0.348 e. The van der Waals surface area contributed by atoms with Gasteiger partial charge in [-0.3, -0.25) is 10.1 Å². The number of carbonyl (C=O) groups excluding carboxylic acids is 2. The number of aromatic nitrogens is 1. The van der Waals surface area contributed by atoms with Gasteiger partial charge in [-0.15, -0.1) is 11.3 Å². The van der Waals surface area contributed by atoms with Crippen LogP contribution in [0.1, 0.15) is 51.9 Å². The molecule has 0 aliphatic carbocycles. The Labute approximate surface area is 224 Å². The summed E-state index contributed by atoms with van der Waals surface area (Å²) in [7, 11) is -3.77. The molecule has 8 nitrogen and oxygen atoms in total. The molecule has 0 fully saturated rings. The number of thiazole rings is 1. The van der Waals surface area contributed by atoms with Crippen molar-refractivity contribution in [3.05, 3.63) is 76.2 Å². The van der Waals surface area contributed by atoms with Crippen LogP contribution in [-0.2, 0) is 21.3 Å². The van der Waals surface area contributed by atoms with Gasteiger partial charge in [-0.25, -0.2) is 18.2 Å². The average molecular weight is 558 g/mol. The molecule has 194 valence electrons. The van der Waals surface area contributed by atoms with Crippen LogP contribution in [0.4, 0.5) is 5.13 Å². The maximum atomic E-state index is 13.4. The van der Waals surface area contributed by atoms with E-state index in [0.717, 1.165) is 15.8 Å². The molecule has 0 aliphatic rings. The molecule has 2 aromatic carbocycles. The van der Waals surface area contributed by atoms with Crippen LogP contribution >= 0.6 is 22.7 Å². The lowest BCUT2D eigenvalue weighted by Gasteiger charge is -2.26. The first-order chi connectivity index (χ1) is 17.6. The molecule has 0 radical (unpaired) electrons. The minimum atomic E-state index is -3.77. The number of thiophene rings is 1. The molecular formula is C26H27N3O5S3. The fourth-order valence-electron chi connectivity index (χ4n) is 3.72. The Morgan fingerprint density at radius 2 is 1.73 bits per heavy atom. The van der Waals surface area contributed by atoms with E-state index in [1.54, 1.807) is 6.92 Å². The highest BCUT2D eigenvalue weighted by Gasteiger charge is 2.27. The number of fused-ring (bicyclic) bond motifs is 1. The Bertz CT molecular complexity index is 1520. The second kappa shape index (κ2) is 11.1. The van der Waals surface area contributed by atoms with E-state index in [4.69, 9.17) is 4.74 Å². The summed E-state index contributed by atoms with van der Waals surface area (Å²) in [4.78, 5) is 30.6. The number of amides is 1. The van der Waals surface area contributed by atoms with Crippen LogP contribution < -0.4 is 5.32 Å². The Morgan fingerprint density at radius 3 is 2.32 bits per heavy atom. The largest absolute Gasteiger partial charge is 0.462 e. The van der Waals surface area contributed by atoms with Gasteiger partial charge in [-0.1, -0.05) is 41.7 Å². The van der Waals surface area contributed by atoms with Crippen molar-refractivity contribution in [2.24, 2.45) is 0 Å². The second-order valence-electron chi connectivity index (χ2n) is 8.54. The van der Waals surface area contributed by atoms with E-state index in [-0.39, 0.29) is 23.5 Å². The van der Waals surface area contributed by atoms with Crippen molar-refractivity contribution in [1.29, 1.82) is 0 Å². The number of anilines is 1. The predicted molar refractivity (Wildman–Crippen MR) is 147 cm³/mol. The molecule has 1 amide bonds. The van der Waals surface area contributed by atoms with Crippen molar-refractivity contribution in [3.8, 4) is 0 Å². The van der Waals surface area contributed by atoms with Crippen LogP contribution in [0.2, 0.25) is 0 Å². The molecule has 4 rings (SSSR count). The maximum absolute atomic E-state index is 13.4. The Kier molecular flexibility index (Phi) is 8.08. The van der Waals surface area contributed by atoms with Crippen LogP contribution in [0.3, 0.4) is 0 Å². The third-order valence-corrected chi connectivity index (χ3v) is 10.1. The van der Waals surface area contributed by atoms with Gasteiger partial charge in [-0.2, -0.15) is 4.31 Å². The molecule has 0 unspecified atom stereocenters. The molecule has 37 heavy (non-hydrogen) atoms. The highest BCUT2D eigenvalue weighted by molar-refractivity contribution is 7.89. The van der Waals surface area contributed by atoms with Gasteiger partial charge < -0.3 is 4.74 Å². The van der Waals surface area contributed by atoms with E-state index < -0.39 is 15.9 Å². The lowest BCUT2D eigenvalue weighted by atomic mass is 10.2. The van der Waals surface area contributed by atoms with Crippen molar-refractivity contribution in [2.75, 3.05) is 11.9 Å². The number of ether oxygens (including phenoxy) is 1. The summed E-state index contributed by atoms with van der Waals surface area (Å²) >= 11 is 2.50. The van der Waals surface area contributed by atoms with E-state index in [2.05, 4.69) is 10.3 Å². The van der Waals surface area contributed by atoms with E-state index >= 15 is 0 Å². The first-order valence-electron chi connectivity index (χ1n) is 11.7. The van der Waals surface area contributed by atoms with Crippen LogP contribution in [0.25, 0.3) is 9.53 Å². The van der Waals surface area contributed by atoms with Gasteiger partial charge >= 0.3 is 5.97 Å². The zero-order valence-corrected chi connectivity index (χ0v) is 23.3. The van der Waals surface area contributed by atoms with Gasteiger partial charge in [0.05, 0.1) is 16.2 Å². The zero-order chi connectivity index (χ0) is 26.7. The molecule has 0 aliphatic heterocycles. The first-order valence-corrected chi connectivity index (χ1v) is 14.7. The fraction of sp³-hybridized carbons (Fsp3) is 0.269. The number of aryl methyl sites for hydroxylation is 1. The highest BCUT2D eigenvalue weighted by atomic mass is 32.2. The van der Waals surface area contributed by atoms with E-state index in [1.165, 1.54) is 51.2 Å². The Hall–Kier alpha value is -3.12. The van der Waals surface area contributed by atoms with Crippen LogP contribution in [0.15, 0.2) is 59.5 Å². The van der Waals surface area contributed by atoms with Gasteiger partial charge in [0.2, 0.25) is 10.0 Å². The fourth-order valence-corrected chi connectivity index (χ4v) is 7.56. The molecule has 2 aromatic heterocycles. The van der Waals surface area contributed by atoms with Crippen LogP contribution in [0.5, 0.6) is 0 Å². The number of sulfonamides is 1. The molecule has 1 N–H and O–H groups in total. The van der Waals surface area contributed by atoms with Crippen molar-refractivity contribution in [2.45, 2.75) is 45.2 Å². The number of carbonyl (C=O) groups is 2. The lowest BCUT2D eigenvalue weighted by molar-refractivity contribution is 0.0531. The summed E-state index contributed by atoms with van der Waals surface area (Å²) in [6, 6.07) is 15.0. The highest BCUT2D eigenvalue weighted by Crippen LogP contribution is 2.37. The van der Waals surface area contributed by atoms with Gasteiger partial charge in [0.25, 0.3) is 5.91 Å². The Morgan fingerprint density at radius 1 is 1.05 bits per heavy atom. The van der Waals surface area contributed by atoms with E-state index in [1.807, 2.05) is 51.1 Å². The molecule has 2 heterocycles. The van der Waals surface area contributed by atoms with Crippen LogP contribution in [-0.4, -0.2) is 42.2 Å².